The van der Waals surface area contributed by atoms with Gasteiger partial charge in [-0.3, -0.25) is 0 Å². The van der Waals surface area contributed by atoms with Gasteiger partial charge in [-0.2, -0.15) is 4.31 Å². The molecule has 0 aromatic carbocycles. The Bertz CT molecular complexity index is 710. The summed E-state index contributed by atoms with van der Waals surface area (Å²) < 4.78 is 54.6. The Hall–Kier alpha value is -0.420. The van der Waals surface area contributed by atoms with Gasteiger partial charge >= 0.3 is 0 Å². The highest BCUT2D eigenvalue weighted by Gasteiger charge is 2.38. The van der Waals surface area contributed by atoms with Crippen molar-refractivity contribution in [2.45, 2.75) is 24.4 Å². The van der Waals surface area contributed by atoms with Gasteiger partial charge in [0, 0.05) is 18.7 Å². The Morgan fingerprint density at radius 3 is 2.70 bits per heavy atom. The lowest BCUT2D eigenvalue weighted by molar-refractivity contribution is 0.356. The van der Waals surface area contributed by atoms with Crippen LogP contribution in [0.15, 0.2) is 20.0 Å². The van der Waals surface area contributed by atoms with Crippen molar-refractivity contribution in [2.24, 2.45) is 5.73 Å². The van der Waals surface area contributed by atoms with Crippen LogP contribution in [0.5, 0.6) is 0 Å². The van der Waals surface area contributed by atoms with Crippen molar-refractivity contribution in [3.63, 3.8) is 0 Å². The van der Waals surface area contributed by atoms with Gasteiger partial charge in [0.2, 0.25) is 10.0 Å². The second-order valence-electron chi connectivity index (χ2n) is 4.63. The van der Waals surface area contributed by atoms with E-state index in [0.29, 0.717) is 5.76 Å². The fourth-order valence-electron chi connectivity index (χ4n) is 2.14. The van der Waals surface area contributed by atoms with E-state index in [1.165, 1.54) is 10.4 Å². The van der Waals surface area contributed by atoms with E-state index in [2.05, 4.69) is 15.9 Å². The Balaban J connectivity index is 2.38. The van der Waals surface area contributed by atoms with Crippen molar-refractivity contribution >= 4 is 35.8 Å². The number of rotatable bonds is 3. The minimum Gasteiger partial charge on any atom is -0.452 e. The van der Waals surface area contributed by atoms with Crippen LogP contribution in [0, 0.1) is 0 Å². The number of nitrogens with zero attached hydrogens (tertiary/aromatic N) is 1. The summed E-state index contributed by atoms with van der Waals surface area (Å²) in [6.07, 6.45) is 0. The summed E-state index contributed by atoms with van der Waals surface area (Å²) in [6.45, 7) is 1.60. The van der Waals surface area contributed by atoms with Gasteiger partial charge in [0.15, 0.2) is 14.5 Å². The summed E-state index contributed by atoms with van der Waals surface area (Å²) in [5.41, 5.74) is 5.41. The van der Waals surface area contributed by atoms with Crippen LogP contribution in [0.4, 0.5) is 0 Å². The lowest BCUT2D eigenvalue weighted by Crippen LogP contribution is -2.49. The number of nitrogens with two attached hydrogens (primary N) is 1. The van der Waals surface area contributed by atoms with Gasteiger partial charge in [-0.1, -0.05) is 0 Å². The maximum absolute atomic E-state index is 12.6. The zero-order valence-electron chi connectivity index (χ0n) is 10.7. The fraction of sp³-hybridized carbons (Fsp3) is 0.600. The van der Waals surface area contributed by atoms with Crippen molar-refractivity contribution < 1.29 is 21.3 Å². The van der Waals surface area contributed by atoms with Crippen LogP contribution in [0.3, 0.4) is 0 Å². The smallest absolute Gasteiger partial charge is 0.247 e. The summed E-state index contributed by atoms with van der Waals surface area (Å²) in [5.74, 6) is -0.00550. The number of sulfonamides is 1. The monoisotopic (exact) mass is 386 g/mol. The molecule has 1 atom stereocenters. The number of sulfone groups is 1. The first-order chi connectivity index (χ1) is 9.17. The van der Waals surface area contributed by atoms with E-state index in [1.807, 2.05) is 0 Å². The molecule has 1 aromatic heterocycles. The Kier molecular flexibility index (Phi) is 4.32. The minimum absolute atomic E-state index is 0.0240. The zero-order valence-corrected chi connectivity index (χ0v) is 14.0. The Morgan fingerprint density at radius 1 is 1.55 bits per heavy atom. The quantitative estimate of drug-likeness (QED) is 0.799. The molecule has 0 radical (unpaired) electrons. The summed E-state index contributed by atoms with van der Waals surface area (Å²) in [6, 6.07) is 0.747. The highest BCUT2D eigenvalue weighted by atomic mass is 79.9. The highest BCUT2D eigenvalue weighted by molar-refractivity contribution is 9.10. The molecule has 1 aliphatic rings. The van der Waals surface area contributed by atoms with Gasteiger partial charge in [0.05, 0.1) is 18.1 Å². The summed E-state index contributed by atoms with van der Waals surface area (Å²) >= 11 is 3.06. The third-order valence-electron chi connectivity index (χ3n) is 3.10. The first-order valence-electron chi connectivity index (χ1n) is 5.88. The number of hydrogen-bond acceptors (Lipinski definition) is 6. The average Bonchev–Trinajstić information content (AvgIpc) is 2.69. The second-order valence-corrected chi connectivity index (χ2v) is 9.44. The van der Waals surface area contributed by atoms with E-state index in [9.17, 15) is 16.8 Å². The maximum Gasteiger partial charge on any atom is 0.247 e. The van der Waals surface area contributed by atoms with Gasteiger partial charge in [-0.15, -0.1) is 0 Å². The molecule has 0 amide bonds. The summed E-state index contributed by atoms with van der Waals surface area (Å²) in [4.78, 5) is -0.0240. The lowest BCUT2D eigenvalue weighted by atomic mass is 10.4. The Labute approximate surface area is 126 Å². The fourth-order valence-corrected chi connectivity index (χ4v) is 6.50. The van der Waals surface area contributed by atoms with E-state index in [4.69, 9.17) is 10.2 Å². The first kappa shape index (κ1) is 16.0. The molecule has 1 aromatic rings. The molecule has 1 aliphatic heterocycles. The third kappa shape index (κ3) is 2.93. The molecule has 0 aliphatic carbocycles. The second kappa shape index (κ2) is 5.41. The molecule has 1 saturated heterocycles. The molecule has 1 fully saturated rings. The predicted molar refractivity (Wildman–Crippen MR) is 76.3 cm³/mol. The highest BCUT2D eigenvalue weighted by Crippen LogP contribution is 2.30. The van der Waals surface area contributed by atoms with E-state index in [-0.39, 0.29) is 34.2 Å². The van der Waals surface area contributed by atoms with Gasteiger partial charge in [-0.25, -0.2) is 16.8 Å². The molecule has 114 valence electrons. The molecule has 0 bridgehead atoms. The predicted octanol–water partition coefficient (Wildman–Crippen LogP) is 0.308. The molecular weight excluding hydrogens is 372 g/mol. The van der Waals surface area contributed by atoms with Crippen LogP contribution in [0.1, 0.15) is 12.7 Å². The van der Waals surface area contributed by atoms with Crippen molar-refractivity contribution in [1.29, 1.82) is 0 Å². The van der Waals surface area contributed by atoms with Crippen molar-refractivity contribution in [3.05, 3.63) is 16.5 Å². The molecule has 2 heterocycles. The molecule has 1 unspecified atom stereocenters. The largest absolute Gasteiger partial charge is 0.452 e. The molecule has 2 rings (SSSR count). The normalized spacial score (nSPS) is 23.9. The van der Waals surface area contributed by atoms with Gasteiger partial charge in [0.25, 0.3) is 0 Å². The van der Waals surface area contributed by atoms with Crippen LogP contribution >= 0.6 is 15.9 Å². The SMILES string of the molecule is CC1CS(=O)(=O)CCN1S(=O)(=O)c1cc(CN)oc1Br. The Morgan fingerprint density at radius 2 is 2.20 bits per heavy atom. The zero-order chi connectivity index (χ0) is 15.1. The number of halogens is 1. The van der Waals surface area contributed by atoms with Crippen LogP contribution < -0.4 is 5.73 Å². The number of furan rings is 1. The van der Waals surface area contributed by atoms with Gasteiger partial charge in [0.1, 0.15) is 10.7 Å². The molecule has 0 saturated carbocycles. The first-order valence-corrected chi connectivity index (χ1v) is 9.93. The molecule has 0 spiro atoms. The molecule has 20 heavy (non-hydrogen) atoms. The van der Waals surface area contributed by atoms with E-state index in [0.717, 1.165) is 0 Å². The van der Waals surface area contributed by atoms with E-state index in [1.54, 1.807) is 6.92 Å². The lowest BCUT2D eigenvalue weighted by Gasteiger charge is -2.31. The van der Waals surface area contributed by atoms with E-state index < -0.39 is 25.9 Å². The van der Waals surface area contributed by atoms with Crippen molar-refractivity contribution in [1.82, 2.24) is 4.31 Å². The minimum atomic E-state index is -3.81. The maximum atomic E-state index is 12.6. The average molecular weight is 387 g/mol. The standard InChI is InChI=1S/C10H15BrN2O5S2/c1-7-6-19(14,15)3-2-13(7)20(16,17)9-4-8(5-12)18-10(9)11/h4,7H,2-3,5-6,12H2,1H3. The summed E-state index contributed by atoms with van der Waals surface area (Å²) in [7, 11) is -6.99. The van der Waals surface area contributed by atoms with Crippen LogP contribution in [0.25, 0.3) is 0 Å². The summed E-state index contributed by atoms with van der Waals surface area (Å²) in [5, 5.41) is 0. The molecule has 10 heteroatoms. The van der Waals surface area contributed by atoms with Crippen LogP contribution in [-0.2, 0) is 26.4 Å². The van der Waals surface area contributed by atoms with Crippen LogP contribution in [-0.4, -0.2) is 45.2 Å². The van der Waals surface area contributed by atoms with E-state index >= 15 is 0 Å². The number of hydrogen-bond donors (Lipinski definition) is 1. The van der Waals surface area contributed by atoms with Crippen molar-refractivity contribution in [3.8, 4) is 0 Å². The van der Waals surface area contributed by atoms with Gasteiger partial charge in [-0.05, 0) is 22.9 Å². The molecule has 7 nitrogen and oxygen atoms in total. The molecular formula is C10H15BrN2O5S2. The molecule has 2 N–H and O–H groups in total. The van der Waals surface area contributed by atoms with Crippen molar-refractivity contribution in [2.75, 3.05) is 18.1 Å². The topological polar surface area (TPSA) is 111 Å². The van der Waals surface area contributed by atoms with Crippen LogP contribution in [0.2, 0.25) is 0 Å². The van der Waals surface area contributed by atoms with Gasteiger partial charge < -0.3 is 10.2 Å². The third-order valence-corrected chi connectivity index (χ3v) is 7.77.